The Labute approximate surface area is 373 Å². The molecule has 7 amide bonds. The Hall–Kier alpha value is -7.41. The van der Waals surface area contributed by atoms with Crippen molar-refractivity contribution in [3.63, 3.8) is 0 Å². The first kappa shape index (κ1) is 56.6. The van der Waals surface area contributed by atoms with E-state index in [0.717, 1.165) is 0 Å². The number of carboxylic acids is 3. The molecule has 0 aliphatic carbocycles. The Morgan fingerprint density at radius 1 is 0.636 bits per heavy atom. The first-order valence-electron chi connectivity index (χ1n) is 19.6. The maximum atomic E-state index is 13.3. The molecule has 368 valence electrons. The van der Waals surface area contributed by atoms with Gasteiger partial charge in [0.25, 0.3) is 5.91 Å². The molecule has 8 atom stereocenters. The SMILES string of the molecule is NC(N)=NCCCC(NC(=O)CNC(=O)C(CO)NC(=O)CC(O)C(N)CCCCNC(=O)c1cccc(O)c1O)C(=O)NC(C(=O)NCC(=O)NC(C(=O)O)C(O)C(=O)O)C(O)C(=O)O. The van der Waals surface area contributed by atoms with E-state index in [1.54, 1.807) is 10.6 Å². The van der Waals surface area contributed by atoms with E-state index in [4.69, 9.17) is 27.4 Å². The molecule has 1 aromatic carbocycles. The Kier molecular flexibility index (Phi) is 24.4. The number of phenolic OH excluding ortho intramolecular Hbond substituents is 2. The van der Waals surface area contributed by atoms with E-state index in [9.17, 15) is 83.7 Å². The van der Waals surface area contributed by atoms with Crippen molar-refractivity contribution in [2.45, 2.75) is 87.0 Å². The number of guanidine groups is 1. The van der Waals surface area contributed by atoms with E-state index < -0.39 is 145 Å². The molecule has 22 N–H and O–H groups in total. The van der Waals surface area contributed by atoms with Gasteiger partial charge in [0.15, 0.2) is 35.7 Å². The highest BCUT2D eigenvalue weighted by Gasteiger charge is 2.37. The van der Waals surface area contributed by atoms with Gasteiger partial charge in [-0.25, -0.2) is 14.4 Å². The van der Waals surface area contributed by atoms with Crippen LogP contribution in [0.1, 0.15) is 48.9 Å². The predicted octanol–water partition coefficient (Wildman–Crippen LogP) is -8.73. The lowest BCUT2D eigenvalue weighted by molar-refractivity contribution is -0.157. The Morgan fingerprint density at radius 2 is 1.21 bits per heavy atom. The number of hydrogen-bond donors (Lipinski definition) is 19. The molecule has 0 heterocycles. The lowest BCUT2D eigenvalue weighted by Crippen LogP contribution is -2.61. The van der Waals surface area contributed by atoms with Gasteiger partial charge >= 0.3 is 17.9 Å². The van der Waals surface area contributed by atoms with Crippen LogP contribution in [0.3, 0.4) is 0 Å². The zero-order chi connectivity index (χ0) is 50.3. The van der Waals surface area contributed by atoms with E-state index in [1.165, 1.54) is 18.2 Å². The number of aliphatic hydroxyl groups is 4. The summed E-state index contributed by atoms with van der Waals surface area (Å²) >= 11 is 0. The Morgan fingerprint density at radius 3 is 1.79 bits per heavy atom. The van der Waals surface area contributed by atoms with Crippen molar-refractivity contribution < 1.29 is 93.9 Å². The number of carbonyl (C=O) groups is 10. The third-order valence-corrected chi connectivity index (χ3v) is 8.98. The van der Waals surface area contributed by atoms with Crippen LogP contribution in [0.2, 0.25) is 0 Å². The summed E-state index contributed by atoms with van der Waals surface area (Å²) in [6.45, 7) is -3.10. The molecule has 8 unspecified atom stereocenters. The number of nitrogens with zero attached hydrogens (tertiary/aromatic N) is 1. The number of phenols is 2. The second-order valence-corrected chi connectivity index (χ2v) is 14.1. The molecule has 30 nitrogen and oxygen atoms in total. The van der Waals surface area contributed by atoms with Crippen molar-refractivity contribution in [2.24, 2.45) is 22.2 Å². The van der Waals surface area contributed by atoms with Gasteiger partial charge in [-0.3, -0.25) is 38.6 Å². The van der Waals surface area contributed by atoms with Crippen LogP contribution in [0.5, 0.6) is 11.5 Å². The zero-order valence-corrected chi connectivity index (χ0v) is 34.9. The van der Waals surface area contributed by atoms with Crippen LogP contribution in [0.4, 0.5) is 0 Å². The van der Waals surface area contributed by atoms with Crippen molar-refractivity contribution in [1.82, 2.24) is 37.2 Å². The lowest BCUT2D eigenvalue weighted by atomic mass is 10.0. The highest BCUT2D eigenvalue weighted by Crippen LogP contribution is 2.27. The monoisotopic (exact) mass is 945 g/mol. The van der Waals surface area contributed by atoms with Gasteiger partial charge in [-0.15, -0.1) is 0 Å². The molecule has 0 fully saturated rings. The second kappa shape index (κ2) is 28.4. The number of rotatable bonds is 30. The quantitative estimate of drug-likeness (QED) is 0.0147. The number of benzene rings is 1. The summed E-state index contributed by atoms with van der Waals surface area (Å²) < 4.78 is 0. The predicted molar refractivity (Wildman–Crippen MR) is 220 cm³/mol. The minimum Gasteiger partial charge on any atom is -0.504 e. The first-order valence-corrected chi connectivity index (χ1v) is 19.6. The van der Waals surface area contributed by atoms with Gasteiger partial charge in [-0.2, -0.15) is 0 Å². The van der Waals surface area contributed by atoms with Crippen molar-refractivity contribution in [2.75, 3.05) is 32.8 Å². The molecule has 66 heavy (non-hydrogen) atoms. The number of nitrogens with one attached hydrogen (secondary N) is 7. The fourth-order valence-corrected chi connectivity index (χ4v) is 5.41. The maximum absolute atomic E-state index is 13.3. The number of hydrogen-bond acceptors (Lipinski definition) is 18. The molecule has 0 saturated heterocycles. The Bertz CT molecular complexity index is 1930. The molecule has 0 aromatic heterocycles. The number of carboxylic acid groups (broad SMARTS) is 3. The summed E-state index contributed by atoms with van der Waals surface area (Å²) in [5.41, 5.74) is 16.4. The number of para-hydroxylation sites is 1. The molecule has 0 radical (unpaired) electrons. The van der Waals surface area contributed by atoms with Crippen LogP contribution in [-0.4, -0.2) is 192 Å². The minimum atomic E-state index is -2.71. The Balaban J connectivity index is 2.85. The molecule has 1 rings (SSSR count). The summed E-state index contributed by atoms with van der Waals surface area (Å²) in [7, 11) is 0. The molecular weight excluding hydrogens is 890 g/mol. The average molecular weight is 946 g/mol. The molecule has 0 spiro atoms. The summed E-state index contributed by atoms with van der Waals surface area (Å²) in [5, 5.41) is 101. The van der Waals surface area contributed by atoms with Crippen molar-refractivity contribution in [1.29, 1.82) is 0 Å². The van der Waals surface area contributed by atoms with E-state index >= 15 is 0 Å². The number of amides is 7. The summed E-state index contributed by atoms with van der Waals surface area (Å²) in [6, 6.07) is -5.22. The van der Waals surface area contributed by atoms with E-state index in [1.807, 2.05) is 5.32 Å². The third-order valence-electron chi connectivity index (χ3n) is 8.98. The van der Waals surface area contributed by atoms with Gasteiger partial charge in [0.2, 0.25) is 35.4 Å². The van der Waals surface area contributed by atoms with Crippen LogP contribution in [0.15, 0.2) is 23.2 Å². The standard InChI is InChI=1S/C36H55N11O19/c37-16(6-1-2-9-40-29(57)15-5-3-8-19(49)26(15)54)20(50)11-21(51)45-18(14-48)30(58)42-12-22(52)44-17(7-4-10-41-36(38)39)31(59)47-24(27(55)34(63)64)32(60)43-13-23(53)46-25(33(61)62)28(56)35(65)66/h3,5,8,16-18,20,24-25,27-28,48-50,54-56H,1-2,4,6-7,9-14,37H2,(H,40,57)(H,42,58)(H,43,60)(H,44,52)(H,45,51)(H,46,53)(H,47,59)(H,61,62)(H,63,64)(H,65,66)(H4,38,39,41). The fraction of sp³-hybridized carbons (Fsp3) is 0.528. The third kappa shape index (κ3) is 20.0. The smallest absolute Gasteiger partial charge is 0.335 e. The highest BCUT2D eigenvalue weighted by atomic mass is 16.4. The van der Waals surface area contributed by atoms with Gasteiger partial charge in [0.1, 0.15) is 18.1 Å². The number of aromatic hydroxyl groups is 2. The number of carbonyl (C=O) groups excluding carboxylic acids is 7. The lowest BCUT2D eigenvalue weighted by Gasteiger charge is -2.25. The normalized spacial score (nSPS) is 14.4. The molecule has 30 heteroatoms. The highest BCUT2D eigenvalue weighted by molar-refractivity contribution is 5.98. The fourth-order valence-electron chi connectivity index (χ4n) is 5.41. The number of unbranched alkanes of at least 4 members (excludes halogenated alkanes) is 1. The first-order chi connectivity index (χ1) is 30.9. The molecule has 0 saturated carbocycles. The van der Waals surface area contributed by atoms with Crippen LogP contribution < -0.4 is 54.4 Å². The van der Waals surface area contributed by atoms with Gasteiger partial charge < -0.3 is 100 Å². The second-order valence-electron chi connectivity index (χ2n) is 14.1. The summed E-state index contributed by atoms with van der Waals surface area (Å²) in [4.78, 5) is 127. The van der Waals surface area contributed by atoms with Crippen LogP contribution in [0, 0.1) is 0 Å². The zero-order valence-electron chi connectivity index (χ0n) is 34.9. The molecule has 0 bridgehead atoms. The molecule has 1 aromatic rings. The van der Waals surface area contributed by atoms with Crippen LogP contribution in [0.25, 0.3) is 0 Å². The van der Waals surface area contributed by atoms with Crippen molar-refractivity contribution in [3.8, 4) is 11.5 Å². The number of nitrogens with two attached hydrogens (primary N) is 3. The average Bonchev–Trinajstić information content (AvgIpc) is 3.25. The molecular formula is C36H55N11O19. The van der Waals surface area contributed by atoms with E-state index in [0.29, 0.717) is 12.8 Å². The van der Waals surface area contributed by atoms with Gasteiger partial charge in [0.05, 0.1) is 37.8 Å². The summed E-state index contributed by atoms with van der Waals surface area (Å²) in [5.74, 6) is -15.6. The van der Waals surface area contributed by atoms with Gasteiger partial charge in [0, 0.05) is 19.1 Å². The molecule has 0 aliphatic heterocycles. The number of aliphatic hydroxyl groups excluding tert-OH is 4. The topological polar surface area (TPSA) is 527 Å². The number of aliphatic imine (C=N–C) groups is 1. The minimum absolute atomic E-state index is 0.0614. The van der Waals surface area contributed by atoms with Crippen molar-refractivity contribution in [3.05, 3.63) is 23.8 Å². The van der Waals surface area contributed by atoms with Crippen LogP contribution >= 0.6 is 0 Å². The molecule has 0 aliphatic rings. The summed E-state index contributed by atoms with van der Waals surface area (Å²) in [6.07, 6.45) is -6.85. The number of aliphatic carboxylic acids is 3. The van der Waals surface area contributed by atoms with Crippen molar-refractivity contribution >= 4 is 65.2 Å². The van der Waals surface area contributed by atoms with E-state index in [-0.39, 0.29) is 43.9 Å². The van der Waals surface area contributed by atoms with Crippen LogP contribution in [-0.2, 0) is 43.2 Å². The maximum Gasteiger partial charge on any atom is 0.335 e. The van der Waals surface area contributed by atoms with E-state index in [2.05, 4.69) is 26.3 Å². The van der Waals surface area contributed by atoms with Gasteiger partial charge in [-0.05, 0) is 37.8 Å². The largest absolute Gasteiger partial charge is 0.504 e. The van der Waals surface area contributed by atoms with Gasteiger partial charge in [-0.1, -0.05) is 12.5 Å².